The van der Waals surface area contributed by atoms with Gasteiger partial charge in [-0.25, -0.2) is 4.68 Å². The third-order valence-corrected chi connectivity index (χ3v) is 4.08. The number of pyridine rings is 1. The van der Waals surface area contributed by atoms with E-state index in [-0.39, 0.29) is 23.5 Å². The number of carbonyl (C=O) groups excluding carboxylic acids is 3. The standard InChI is InChI=1S/C16H19N5O8/c1-6(22)26-5-10-13(27-7(2)23)14(28-8(3)24)16(29-10)21-9-4-11(17)18-15(25)12(9)19-20-21/h4,10,13-14,16H,5H2,1-3H3,(H3,17,18,25)/t10-,13-,14-,16-/m1/s1. The molecule has 1 saturated heterocycles. The van der Waals surface area contributed by atoms with E-state index in [1.165, 1.54) is 31.5 Å². The summed E-state index contributed by atoms with van der Waals surface area (Å²) in [6.45, 7) is 3.28. The lowest BCUT2D eigenvalue weighted by Crippen LogP contribution is -2.40. The summed E-state index contributed by atoms with van der Waals surface area (Å²) < 4.78 is 22.6. The van der Waals surface area contributed by atoms with E-state index < -0.39 is 48.0 Å². The van der Waals surface area contributed by atoms with Gasteiger partial charge in [-0.3, -0.25) is 19.2 Å². The molecule has 0 aromatic carbocycles. The molecule has 0 amide bonds. The average molecular weight is 409 g/mol. The van der Waals surface area contributed by atoms with Gasteiger partial charge in [0, 0.05) is 26.8 Å². The maximum atomic E-state index is 12.0. The van der Waals surface area contributed by atoms with Gasteiger partial charge in [0.1, 0.15) is 24.0 Å². The Hall–Kier alpha value is -3.48. The third-order valence-electron chi connectivity index (χ3n) is 4.08. The summed E-state index contributed by atoms with van der Waals surface area (Å²) in [7, 11) is 0. The Balaban J connectivity index is 2.05. The fourth-order valence-corrected chi connectivity index (χ4v) is 3.05. The fourth-order valence-electron chi connectivity index (χ4n) is 3.05. The molecule has 0 spiro atoms. The van der Waals surface area contributed by atoms with Gasteiger partial charge in [0.05, 0.1) is 0 Å². The smallest absolute Gasteiger partial charge is 0.303 e. The second kappa shape index (κ2) is 7.87. The van der Waals surface area contributed by atoms with Crippen LogP contribution in [0.4, 0.5) is 5.82 Å². The number of carbonyl (C=O) groups is 3. The highest BCUT2D eigenvalue weighted by atomic mass is 16.7. The van der Waals surface area contributed by atoms with E-state index in [4.69, 9.17) is 24.7 Å². The number of nitrogens with two attached hydrogens (primary N) is 1. The molecule has 0 bridgehead atoms. The summed E-state index contributed by atoms with van der Waals surface area (Å²) >= 11 is 0. The highest BCUT2D eigenvalue weighted by molar-refractivity contribution is 5.76. The maximum absolute atomic E-state index is 12.0. The molecule has 13 heteroatoms. The van der Waals surface area contributed by atoms with Crippen molar-refractivity contribution in [1.82, 2.24) is 20.0 Å². The molecule has 3 heterocycles. The number of hydrogen-bond acceptors (Lipinski definition) is 11. The van der Waals surface area contributed by atoms with Gasteiger partial charge in [0.15, 0.2) is 24.0 Å². The second-order valence-corrected chi connectivity index (χ2v) is 6.34. The molecule has 0 saturated carbocycles. The first-order valence-electron chi connectivity index (χ1n) is 8.54. The third kappa shape index (κ3) is 4.18. The average Bonchev–Trinajstić information content (AvgIpc) is 3.15. The van der Waals surface area contributed by atoms with Gasteiger partial charge in [-0.05, 0) is 0 Å². The molecule has 1 aliphatic rings. The molecule has 156 valence electrons. The number of aromatic nitrogens is 4. The first-order valence-corrected chi connectivity index (χ1v) is 8.54. The molecule has 3 rings (SSSR count). The molecule has 3 N–H and O–H groups in total. The van der Waals surface area contributed by atoms with E-state index in [1.54, 1.807) is 0 Å². The number of hydrogen-bond donors (Lipinski definition) is 2. The van der Waals surface area contributed by atoms with Crippen LogP contribution in [0.5, 0.6) is 0 Å². The topological polar surface area (TPSA) is 178 Å². The molecule has 1 fully saturated rings. The lowest BCUT2D eigenvalue weighted by atomic mass is 10.1. The van der Waals surface area contributed by atoms with Crippen molar-refractivity contribution >= 4 is 34.8 Å². The van der Waals surface area contributed by atoms with Crippen LogP contribution in [0.2, 0.25) is 0 Å². The van der Waals surface area contributed by atoms with Crippen molar-refractivity contribution < 1.29 is 33.3 Å². The monoisotopic (exact) mass is 409 g/mol. The number of ether oxygens (including phenoxy) is 4. The van der Waals surface area contributed by atoms with Crippen LogP contribution in [0.3, 0.4) is 0 Å². The van der Waals surface area contributed by atoms with E-state index in [0.29, 0.717) is 0 Å². The van der Waals surface area contributed by atoms with Gasteiger partial charge < -0.3 is 29.7 Å². The number of H-pyrrole nitrogens is 1. The summed E-state index contributed by atoms with van der Waals surface area (Å²) in [4.78, 5) is 48.9. The first-order chi connectivity index (χ1) is 13.7. The van der Waals surface area contributed by atoms with Crippen molar-refractivity contribution in [2.24, 2.45) is 0 Å². The predicted molar refractivity (Wildman–Crippen MR) is 94.2 cm³/mol. The van der Waals surface area contributed by atoms with Crippen molar-refractivity contribution in [3.05, 3.63) is 16.4 Å². The normalized spacial score (nSPS) is 23.7. The molecule has 1 aliphatic heterocycles. The molecule has 0 aliphatic carbocycles. The Morgan fingerprint density at radius 3 is 2.45 bits per heavy atom. The van der Waals surface area contributed by atoms with E-state index in [9.17, 15) is 19.2 Å². The van der Waals surface area contributed by atoms with Crippen LogP contribution in [0, 0.1) is 0 Å². The van der Waals surface area contributed by atoms with Gasteiger partial charge in [0.25, 0.3) is 5.56 Å². The van der Waals surface area contributed by atoms with Gasteiger partial charge in [0.2, 0.25) is 0 Å². The second-order valence-electron chi connectivity index (χ2n) is 6.34. The largest absolute Gasteiger partial charge is 0.463 e. The van der Waals surface area contributed by atoms with Gasteiger partial charge in [-0.2, -0.15) is 0 Å². The number of nitrogens with zero attached hydrogens (tertiary/aromatic N) is 3. The zero-order valence-electron chi connectivity index (χ0n) is 15.8. The van der Waals surface area contributed by atoms with Crippen LogP contribution in [-0.4, -0.2) is 62.8 Å². The van der Waals surface area contributed by atoms with Gasteiger partial charge in [-0.1, -0.05) is 5.21 Å². The number of esters is 3. The van der Waals surface area contributed by atoms with Crippen LogP contribution in [0.15, 0.2) is 10.9 Å². The minimum absolute atomic E-state index is 0.0168. The Morgan fingerprint density at radius 2 is 1.83 bits per heavy atom. The first kappa shape index (κ1) is 20.3. The van der Waals surface area contributed by atoms with Crippen LogP contribution in [0.25, 0.3) is 11.0 Å². The summed E-state index contributed by atoms with van der Waals surface area (Å²) in [6.07, 6.45) is -4.34. The molecular formula is C16H19N5O8. The summed E-state index contributed by atoms with van der Waals surface area (Å²) in [5.41, 5.74) is 5.32. The molecule has 0 radical (unpaired) electrons. The number of aromatic amines is 1. The van der Waals surface area contributed by atoms with Crippen molar-refractivity contribution in [2.75, 3.05) is 12.3 Å². The number of nitrogen functional groups attached to an aromatic ring is 1. The summed E-state index contributed by atoms with van der Waals surface area (Å²) in [6, 6.07) is 1.41. The number of fused-ring (bicyclic) bond motifs is 1. The highest BCUT2D eigenvalue weighted by Crippen LogP contribution is 2.35. The van der Waals surface area contributed by atoms with Crippen LogP contribution < -0.4 is 11.3 Å². The lowest BCUT2D eigenvalue weighted by molar-refractivity contribution is -0.166. The molecule has 2 aromatic heterocycles. The number of rotatable bonds is 5. The lowest BCUT2D eigenvalue weighted by Gasteiger charge is -2.23. The predicted octanol–water partition coefficient (Wildman–Crippen LogP) is -0.974. The van der Waals surface area contributed by atoms with E-state index in [0.717, 1.165) is 0 Å². The zero-order chi connectivity index (χ0) is 21.3. The quantitative estimate of drug-likeness (QED) is 0.458. The van der Waals surface area contributed by atoms with Crippen molar-refractivity contribution in [1.29, 1.82) is 0 Å². The van der Waals surface area contributed by atoms with Crippen molar-refractivity contribution in [3.63, 3.8) is 0 Å². The maximum Gasteiger partial charge on any atom is 0.303 e. The molecule has 0 unspecified atom stereocenters. The Morgan fingerprint density at radius 1 is 1.17 bits per heavy atom. The van der Waals surface area contributed by atoms with Gasteiger partial charge >= 0.3 is 17.9 Å². The zero-order valence-corrected chi connectivity index (χ0v) is 15.8. The molecule has 4 atom stereocenters. The summed E-state index contributed by atoms with van der Waals surface area (Å²) in [5.74, 6) is -1.85. The molecule has 29 heavy (non-hydrogen) atoms. The van der Waals surface area contributed by atoms with Gasteiger partial charge in [-0.15, -0.1) is 5.10 Å². The van der Waals surface area contributed by atoms with E-state index >= 15 is 0 Å². The summed E-state index contributed by atoms with van der Waals surface area (Å²) in [5, 5.41) is 7.71. The number of nitrogens with one attached hydrogen (secondary N) is 1. The van der Waals surface area contributed by atoms with Crippen molar-refractivity contribution in [3.8, 4) is 0 Å². The Kier molecular flexibility index (Phi) is 5.50. The van der Waals surface area contributed by atoms with E-state index in [2.05, 4.69) is 15.3 Å². The number of anilines is 1. The highest BCUT2D eigenvalue weighted by Gasteiger charge is 2.51. The Labute approximate surface area is 163 Å². The van der Waals surface area contributed by atoms with Crippen molar-refractivity contribution in [2.45, 2.75) is 45.3 Å². The fraction of sp³-hybridized carbons (Fsp3) is 0.500. The molecular weight excluding hydrogens is 390 g/mol. The molecule has 13 nitrogen and oxygen atoms in total. The van der Waals surface area contributed by atoms with Crippen LogP contribution >= 0.6 is 0 Å². The Bertz CT molecular complexity index is 1010. The van der Waals surface area contributed by atoms with Crippen LogP contribution in [0.1, 0.15) is 27.0 Å². The SMILES string of the molecule is CC(=O)OC[C@H]1O[C@@H](n2nnc3c(=O)[nH]c(N)cc32)[C@H](OC(C)=O)[C@@H]1OC(C)=O. The van der Waals surface area contributed by atoms with Crippen LogP contribution in [-0.2, 0) is 33.3 Å². The van der Waals surface area contributed by atoms with E-state index in [1.807, 2.05) is 0 Å². The minimum atomic E-state index is -1.15. The minimum Gasteiger partial charge on any atom is -0.463 e. The molecule has 2 aromatic rings.